The van der Waals surface area contributed by atoms with Crippen molar-refractivity contribution in [3.63, 3.8) is 0 Å². The van der Waals surface area contributed by atoms with E-state index in [1.807, 2.05) is 0 Å². The fraction of sp³-hybridized carbons (Fsp3) is 0.286. The molecule has 0 N–H and O–H groups in total. The molecule has 0 aliphatic heterocycles. The highest BCUT2D eigenvalue weighted by Crippen LogP contribution is 2.17. The number of nitrogens with zero attached hydrogens (tertiary/aromatic N) is 2. The molecule has 0 saturated heterocycles. The van der Waals surface area contributed by atoms with Gasteiger partial charge >= 0.3 is 5.97 Å². The van der Waals surface area contributed by atoms with E-state index < -0.39 is 16.0 Å². The highest BCUT2D eigenvalue weighted by Gasteiger charge is 2.22. The molecule has 0 unspecified atom stereocenters. The van der Waals surface area contributed by atoms with Crippen LogP contribution in [0.1, 0.15) is 21.8 Å². The Morgan fingerprint density at radius 1 is 1.35 bits per heavy atom. The van der Waals surface area contributed by atoms with E-state index >= 15 is 0 Å². The molecular formula is C14H16N2O6S. The maximum absolute atomic E-state index is 12.1. The van der Waals surface area contributed by atoms with E-state index in [-0.39, 0.29) is 17.1 Å². The average molecular weight is 340 g/mol. The first-order valence-electron chi connectivity index (χ1n) is 6.57. The van der Waals surface area contributed by atoms with Gasteiger partial charge in [-0.25, -0.2) is 13.2 Å². The van der Waals surface area contributed by atoms with E-state index in [9.17, 15) is 13.2 Å². The average Bonchev–Trinajstić information content (AvgIpc) is 2.97. The first-order valence-corrected chi connectivity index (χ1v) is 8.01. The van der Waals surface area contributed by atoms with Crippen molar-refractivity contribution in [3.05, 3.63) is 47.3 Å². The molecule has 0 saturated carbocycles. The SMILES string of the molecule is CON(C)S(=O)(=O)c1cccc(C(=O)OCc2cc(C)no2)c1. The zero-order valence-electron chi connectivity index (χ0n) is 12.8. The standard InChI is InChI=1S/C14H16N2O6S/c1-10-7-12(22-15-10)9-21-14(17)11-5-4-6-13(8-11)23(18,19)16(2)20-3/h4-8H,9H2,1-3H3. The lowest BCUT2D eigenvalue weighted by molar-refractivity contribution is -0.0258. The third-order valence-corrected chi connectivity index (χ3v) is 4.66. The third-order valence-electron chi connectivity index (χ3n) is 2.99. The highest BCUT2D eigenvalue weighted by atomic mass is 32.2. The van der Waals surface area contributed by atoms with Crippen LogP contribution >= 0.6 is 0 Å². The molecule has 0 atom stereocenters. The molecule has 0 amide bonds. The summed E-state index contributed by atoms with van der Waals surface area (Å²) >= 11 is 0. The third kappa shape index (κ3) is 3.95. The Morgan fingerprint density at radius 2 is 2.09 bits per heavy atom. The molecular weight excluding hydrogens is 324 g/mol. The van der Waals surface area contributed by atoms with Crippen molar-refractivity contribution in [2.75, 3.05) is 14.2 Å². The minimum atomic E-state index is -3.83. The van der Waals surface area contributed by atoms with Gasteiger partial charge in [0.1, 0.15) is 0 Å². The number of ether oxygens (including phenoxy) is 1. The van der Waals surface area contributed by atoms with Gasteiger partial charge < -0.3 is 9.26 Å². The van der Waals surface area contributed by atoms with E-state index in [0.29, 0.717) is 15.9 Å². The second-order valence-corrected chi connectivity index (χ2v) is 6.57. The Morgan fingerprint density at radius 3 is 2.70 bits per heavy atom. The summed E-state index contributed by atoms with van der Waals surface area (Å²) in [4.78, 5) is 16.6. The van der Waals surface area contributed by atoms with Crippen LogP contribution in [0, 0.1) is 6.92 Å². The van der Waals surface area contributed by atoms with Crippen molar-refractivity contribution in [2.45, 2.75) is 18.4 Å². The molecule has 0 aliphatic carbocycles. The highest BCUT2D eigenvalue weighted by molar-refractivity contribution is 7.89. The van der Waals surface area contributed by atoms with Crippen LogP contribution in [0.4, 0.5) is 0 Å². The van der Waals surface area contributed by atoms with Crippen molar-refractivity contribution in [3.8, 4) is 0 Å². The number of sulfonamides is 1. The topological polar surface area (TPSA) is 98.9 Å². The molecule has 2 rings (SSSR count). The van der Waals surface area contributed by atoms with Crippen LogP contribution in [-0.2, 0) is 26.2 Å². The summed E-state index contributed by atoms with van der Waals surface area (Å²) in [7, 11) is -1.35. The van der Waals surface area contributed by atoms with Gasteiger partial charge in [0.2, 0.25) is 0 Å². The van der Waals surface area contributed by atoms with E-state index in [0.717, 1.165) is 0 Å². The zero-order valence-corrected chi connectivity index (χ0v) is 13.7. The maximum Gasteiger partial charge on any atom is 0.338 e. The number of carbonyl (C=O) groups excluding carboxylic acids is 1. The van der Waals surface area contributed by atoms with E-state index in [1.54, 1.807) is 13.0 Å². The lowest BCUT2D eigenvalue weighted by Gasteiger charge is -2.14. The fourth-order valence-corrected chi connectivity index (χ4v) is 2.75. The number of aromatic nitrogens is 1. The summed E-state index contributed by atoms with van der Waals surface area (Å²) in [6, 6.07) is 7.13. The van der Waals surface area contributed by atoms with Gasteiger partial charge in [-0.15, -0.1) is 0 Å². The van der Waals surface area contributed by atoms with Gasteiger partial charge in [0.05, 0.1) is 23.3 Å². The van der Waals surface area contributed by atoms with Crippen LogP contribution in [0.2, 0.25) is 0 Å². The molecule has 0 fully saturated rings. The van der Waals surface area contributed by atoms with Crippen LogP contribution in [0.3, 0.4) is 0 Å². The fourth-order valence-electron chi connectivity index (χ4n) is 1.73. The van der Waals surface area contributed by atoms with Crippen LogP contribution in [0.5, 0.6) is 0 Å². The number of carbonyl (C=O) groups is 1. The largest absolute Gasteiger partial charge is 0.454 e. The normalized spacial score (nSPS) is 11.7. The Labute approximate surface area is 133 Å². The summed E-state index contributed by atoms with van der Waals surface area (Å²) in [6.07, 6.45) is 0. The lowest BCUT2D eigenvalue weighted by atomic mass is 10.2. The molecule has 0 radical (unpaired) electrons. The van der Waals surface area contributed by atoms with Crippen molar-refractivity contribution >= 4 is 16.0 Å². The lowest BCUT2D eigenvalue weighted by Crippen LogP contribution is -2.25. The van der Waals surface area contributed by atoms with Gasteiger partial charge in [0.25, 0.3) is 10.0 Å². The number of aryl methyl sites for hydroxylation is 1. The zero-order chi connectivity index (χ0) is 17.0. The molecule has 0 bridgehead atoms. The van der Waals surface area contributed by atoms with Crippen LogP contribution in [0.15, 0.2) is 39.8 Å². The quantitative estimate of drug-likeness (QED) is 0.580. The Kier molecular flexibility index (Phi) is 5.14. The first kappa shape index (κ1) is 17.1. The maximum atomic E-state index is 12.1. The molecule has 1 heterocycles. The molecule has 23 heavy (non-hydrogen) atoms. The van der Waals surface area contributed by atoms with Gasteiger partial charge in [0.15, 0.2) is 12.4 Å². The van der Waals surface area contributed by atoms with Gasteiger partial charge in [-0.05, 0) is 25.1 Å². The molecule has 9 heteroatoms. The molecule has 0 aliphatic rings. The summed E-state index contributed by atoms with van der Waals surface area (Å²) in [6.45, 7) is 1.66. The summed E-state index contributed by atoms with van der Waals surface area (Å²) < 4.78 is 35.0. The van der Waals surface area contributed by atoms with Gasteiger partial charge in [-0.3, -0.25) is 4.84 Å². The van der Waals surface area contributed by atoms with Crippen LogP contribution in [0.25, 0.3) is 0 Å². The van der Waals surface area contributed by atoms with Crippen LogP contribution < -0.4 is 0 Å². The van der Waals surface area contributed by atoms with Gasteiger partial charge in [0, 0.05) is 13.1 Å². The number of benzene rings is 1. The molecule has 2 aromatic rings. The van der Waals surface area contributed by atoms with Gasteiger partial charge in [-0.2, -0.15) is 0 Å². The number of esters is 1. The van der Waals surface area contributed by atoms with Gasteiger partial charge in [-0.1, -0.05) is 15.7 Å². The molecule has 124 valence electrons. The van der Waals surface area contributed by atoms with Crippen molar-refractivity contribution < 1.29 is 27.3 Å². The Balaban J connectivity index is 2.14. The molecule has 0 spiro atoms. The Bertz CT molecular complexity index is 799. The van der Waals surface area contributed by atoms with E-state index in [2.05, 4.69) is 9.99 Å². The predicted octanol–water partition coefficient (Wildman–Crippen LogP) is 1.52. The van der Waals surface area contributed by atoms with Crippen molar-refractivity contribution in [2.24, 2.45) is 0 Å². The van der Waals surface area contributed by atoms with E-state index in [4.69, 9.17) is 9.26 Å². The monoisotopic (exact) mass is 340 g/mol. The second kappa shape index (κ2) is 6.90. The van der Waals surface area contributed by atoms with Crippen molar-refractivity contribution in [1.29, 1.82) is 0 Å². The van der Waals surface area contributed by atoms with Crippen molar-refractivity contribution in [1.82, 2.24) is 9.63 Å². The summed E-state index contributed by atoms with van der Waals surface area (Å²) in [5, 5.41) is 3.68. The predicted molar refractivity (Wildman–Crippen MR) is 78.8 cm³/mol. The molecule has 1 aromatic carbocycles. The number of rotatable bonds is 6. The second-order valence-electron chi connectivity index (χ2n) is 4.64. The minimum Gasteiger partial charge on any atom is -0.454 e. The minimum absolute atomic E-state index is 0.0770. The van der Waals surface area contributed by atoms with Crippen LogP contribution in [-0.4, -0.2) is 38.2 Å². The summed E-state index contributed by atoms with van der Waals surface area (Å²) in [5.41, 5.74) is 0.776. The molecule has 1 aromatic heterocycles. The Hall–Kier alpha value is -2.23. The number of hydrogen-bond donors (Lipinski definition) is 0. The smallest absolute Gasteiger partial charge is 0.338 e. The van der Waals surface area contributed by atoms with E-state index in [1.165, 1.54) is 38.4 Å². The number of hydrogen-bond acceptors (Lipinski definition) is 7. The summed E-state index contributed by atoms with van der Waals surface area (Å²) in [5.74, 6) is -0.269. The molecule has 8 nitrogen and oxygen atoms in total. The number of hydroxylamine groups is 1. The first-order chi connectivity index (χ1) is 10.8.